The Balaban J connectivity index is 1.02. The number of hydrogen-bond donors (Lipinski definition) is 0. The highest BCUT2D eigenvalue weighted by Gasteiger charge is 2.19. The van der Waals surface area contributed by atoms with Gasteiger partial charge >= 0.3 is 0 Å². The summed E-state index contributed by atoms with van der Waals surface area (Å²) in [6.07, 6.45) is 0. The maximum absolute atomic E-state index is 2.44. The van der Waals surface area contributed by atoms with Crippen LogP contribution in [0.2, 0.25) is 0 Å². The Morgan fingerprint density at radius 3 is 1.07 bits per heavy atom. The minimum Gasteiger partial charge on any atom is -0.309 e. The predicted molar refractivity (Wildman–Crippen MR) is 240 cm³/mol. The van der Waals surface area contributed by atoms with E-state index in [9.17, 15) is 0 Å². The Bertz CT molecular complexity index is 3470. The molecule has 0 unspecified atom stereocenters. The van der Waals surface area contributed by atoms with Crippen molar-refractivity contribution in [2.75, 3.05) is 0 Å². The highest BCUT2D eigenvalue weighted by atomic mass is 15.0. The van der Waals surface area contributed by atoms with E-state index in [2.05, 4.69) is 226 Å². The Hall–Kier alpha value is -7.62. The molecular formula is C54H35N3. The molecule has 266 valence electrons. The second-order valence-corrected chi connectivity index (χ2v) is 15.0. The van der Waals surface area contributed by atoms with Crippen LogP contribution >= 0.6 is 0 Å². The maximum Gasteiger partial charge on any atom is 0.0562 e. The lowest BCUT2D eigenvalue weighted by Crippen LogP contribution is -1.96. The Labute approximate surface area is 329 Å². The van der Waals surface area contributed by atoms with E-state index >= 15 is 0 Å². The van der Waals surface area contributed by atoms with Crippen molar-refractivity contribution in [1.82, 2.24) is 13.7 Å². The number of para-hydroxylation sites is 4. The van der Waals surface area contributed by atoms with E-state index in [1.807, 2.05) is 0 Å². The monoisotopic (exact) mass is 725 g/mol. The SMILES string of the molecule is c1ccc(-c2ccc(-n3c4ccccc4c4cc5c6ccccc6n(-c6ccc(-c7ccc8c9ccccc9n(-c9ccccc9)c8c7)cc6)c5cc43)cc2)cc1. The summed E-state index contributed by atoms with van der Waals surface area (Å²) in [4.78, 5) is 0. The summed E-state index contributed by atoms with van der Waals surface area (Å²) >= 11 is 0. The van der Waals surface area contributed by atoms with Gasteiger partial charge in [-0.05, 0) is 95.1 Å². The summed E-state index contributed by atoms with van der Waals surface area (Å²) in [5.74, 6) is 0. The average molecular weight is 726 g/mol. The van der Waals surface area contributed by atoms with E-state index in [1.165, 1.54) is 93.4 Å². The molecule has 0 aliphatic carbocycles. The Morgan fingerprint density at radius 1 is 0.193 bits per heavy atom. The normalized spacial score (nSPS) is 11.9. The third kappa shape index (κ3) is 4.86. The van der Waals surface area contributed by atoms with Crippen LogP contribution in [0.3, 0.4) is 0 Å². The quantitative estimate of drug-likeness (QED) is 0.168. The average Bonchev–Trinajstić information content (AvgIpc) is 3.91. The Kier molecular flexibility index (Phi) is 6.93. The molecule has 0 spiro atoms. The molecule has 3 aromatic heterocycles. The van der Waals surface area contributed by atoms with Crippen molar-refractivity contribution >= 4 is 65.4 Å². The van der Waals surface area contributed by atoms with E-state index in [-0.39, 0.29) is 0 Å². The summed E-state index contributed by atoms with van der Waals surface area (Å²) in [6, 6.07) is 77.4. The van der Waals surface area contributed by atoms with Crippen LogP contribution in [0.25, 0.3) is 105 Å². The summed E-state index contributed by atoms with van der Waals surface area (Å²) in [6.45, 7) is 0. The summed E-state index contributed by atoms with van der Waals surface area (Å²) in [5.41, 5.74) is 15.5. The standard InChI is InChI=1S/C54H35N3/c1-3-13-36(14-4-1)37-23-28-41(29-24-37)56-50-21-11-8-18-44(50)47-34-48-45-19-9-12-22-51(45)57(54(48)35-53(47)56)42-30-25-38(26-31-42)39-27-32-46-43-17-7-10-20-49(43)55(52(46)33-39)40-15-5-2-6-16-40/h1-35H. The lowest BCUT2D eigenvalue weighted by molar-refractivity contribution is 1.16. The van der Waals surface area contributed by atoms with Crippen LogP contribution in [0.5, 0.6) is 0 Å². The molecule has 57 heavy (non-hydrogen) atoms. The summed E-state index contributed by atoms with van der Waals surface area (Å²) < 4.78 is 7.25. The second-order valence-electron chi connectivity index (χ2n) is 15.0. The van der Waals surface area contributed by atoms with Crippen molar-refractivity contribution < 1.29 is 0 Å². The summed E-state index contributed by atoms with van der Waals surface area (Å²) in [5, 5.41) is 7.54. The van der Waals surface area contributed by atoms with E-state index in [4.69, 9.17) is 0 Å². The van der Waals surface area contributed by atoms with E-state index in [0.717, 1.165) is 11.4 Å². The van der Waals surface area contributed by atoms with E-state index in [0.29, 0.717) is 0 Å². The number of nitrogens with zero attached hydrogens (tertiary/aromatic N) is 3. The molecule has 0 bridgehead atoms. The van der Waals surface area contributed by atoms with E-state index in [1.54, 1.807) is 0 Å². The molecular weight excluding hydrogens is 691 g/mol. The van der Waals surface area contributed by atoms with Crippen LogP contribution in [0.1, 0.15) is 0 Å². The van der Waals surface area contributed by atoms with Gasteiger partial charge in [-0.15, -0.1) is 0 Å². The minimum atomic E-state index is 1.14. The van der Waals surface area contributed by atoms with Gasteiger partial charge in [-0.1, -0.05) is 140 Å². The molecule has 0 N–H and O–H groups in total. The van der Waals surface area contributed by atoms with Gasteiger partial charge in [0, 0.05) is 49.4 Å². The second kappa shape index (κ2) is 12.5. The van der Waals surface area contributed by atoms with Gasteiger partial charge in [0.2, 0.25) is 0 Å². The van der Waals surface area contributed by atoms with Gasteiger partial charge in [0.25, 0.3) is 0 Å². The smallest absolute Gasteiger partial charge is 0.0562 e. The lowest BCUT2D eigenvalue weighted by Gasteiger charge is -2.12. The molecule has 0 radical (unpaired) electrons. The van der Waals surface area contributed by atoms with Gasteiger partial charge < -0.3 is 13.7 Å². The van der Waals surface area contributed by atoms with Crippen LogP contribution in [0.15, 0.2) is 212 Å². The number of aromatic nitrogens is 3. The summed E-state index contributed by atoms with van der Waals surface area (Å²) in [7, 11) is 0. The zero-order valence-electron chi connectivity index (χ0n) is 31.0. The first-order valence-electron chi connectivity index (χ1n) is 19.6. The third-order valence-corrected chi connectivity index (χ3v) is 11.8. The zero-order valence-corrected chi connectivity index (χ0v) is 31.0. The molecule has 0 saturated heterocycles. The van der Waals surface area contributed by atoms with Crippen molar-refractivity contribution in [3.05, 3.63) is 212 Å². The van der Waals surface area contributed by atoms with Crippen molar-refractivity contribution in [3.63, 3.8) is 0 Å². The third-order valence-electron chi connectivity index (χ3n) is 11.8. The molecule has 3 nitrogen and oxygen atoms in total. The van der Waals surface area contributed by atoms with Gasteiger partial charge in [-0.3, -0.25) is 0 Å². The Morgan fingerprint density at radius 2 is 0.544 bits per heavy atom. The van der Waals surface area contributed by atoms with Gasteiger partial charge in [-0.2, -0.15) is 0 Å². The van der Waals surface area contributed by atoms with Crippen molar-refractivity contribution in [3.8, 4) is 39.3 Å². The van der Waals surface area contributed by atoms with Crippen molar-refractivity contribution in [1.29, 1.82) is 0 Å². The van der Waals surface area contributed by atoms with E-state index < -0.39 is 0 Å². The largest absolute Gasteiger partial charge is 0.309 e. The first kappa shape index (κ1) is 31.7. The molecule has 0 saturated carbocycles. The number of fused-ring (bicyclic) bond motifs is 9. The predicted octanol–water partition coefficient (Wildman–Crippen LogP) is 14.3. The highest BCUT2D eigenvalue weighted by Crippen LogP contribution is 2.41. The topological polar surface area (TPSA) is 14.8 Å². The fraction of sp³-hybridized carbons (Fsp3) is 0. The van der Waals surface area contributed by atoms with Gasteiger partial charge in [0.1, 0.15) is 0 Å². The maximum atomic E-state index is 2.44. The molecule has 3 heteroatoms. The highest BCUT2D eigenvalue weighted by molar-refractivity contribution is 6.19. The van der Waals surface area contributed by atoms with Crippen molar-refractivity contribution in [2.45, 2.75) is 0 Å². The van der Waals surface area contributed by atoms with Crippen molar-refractivity contribution in [2.24, 2.45) is 0 Å². The molecule has 0 aliphatic heterocycles. The number of benzene rings is 9. The zero-order chi connectivity index (χ0) is 37.5. The molecule has 0 aliphatic rings. The van der Waals surface area contributed by atoms with Gasteiger partial charge in [0.05, 0.1) is 33.1 Å². The molecule has 12 aromatic rings. The van der Waals surface area contributed by atoms with Crippen LogP contribution in [-0.2, 0) is 0 Å². The van der Waals surface area contributed by atoms with Gasteiger partial charge in [0.15, 0.2) is 0 Å². The molecule has 0 amide bonds. The molecule has 12 rings (SSSR count). The van der Waals surface area contributed by atoms with Crippen LogP contribution in [0, 0.1) is 0 Å². The molecule has 9 aromatic carbocycles. The van der Waals surface area contributed by atoms with Crippen LogP contribution in [0.4, 0.5) is 0 Å². The molecule has 0 fully saturated rings. The number of hydrogen-bond acceptors (Lipinski definition) is 0. The number of rotatable bonds is 5. The van der Waals surface area contributed by atoms with Crippen LogP contribution < -0.4 is 0 Å². The molecule has 0 atom stereocenters. The lowest BCUT2D eigenvalue weighted by atomic mass is 10.0. The molecule has 3 heterocycles. The first-order valence-corrected chi connectivity index (χ1v) is 19.6. The first-order chi connectivity index (χ1) is 28.3. The fourth-order valence-corrected chi connectivity index (χ4v) is 9.23. The minimum absolute atomic E-state index is 1.14. The fourth-order valence-electron chi connectivity index (χ4n) is 9.23. The van der Waals surface area contributed by atoms with Crippen LogP contribution in [-0.4, -0.2) is 13.7 Å². The van der Waals surface area contributed by atoms with Gasteiger partial charge in [-0.25, -0.2) is 0 Å².